The zero-order valence-corrected chi connectivity index (χ0v) is 14.7. The van der Waals surface area contributed by atoms with E-state index in [4.69, 9.17) is 4.74 Å². The van der Waals surface area contributed by atoms with Gasteiger partial charge in [-0.15, -0.1) is 16.4 Å². The number of aromatic nitrogens is 3. The third-order valence-electron chi connectivity index (χ3n) is 4.87. The van der Waals surface area contributed by atoms with Crippen LogP contribution in [0.25, 0.3) is 0 Å². The van der Waals surface area contributed by atoms with E-state index in [1.54, 1.807) is 7.11 Å². The van der Waals surface area contributed by atoms with Crippen molar-refractivity contribution in [3.63, 3.8) is 0 Å². The van der Waals surface area contributed by atoms with Crippen LogP contribution < -0.4 is 0 Å². The fourth-order valence-corrected chi connectivity index (χ4v) is 4.35. The lowest BCUT2D eigenvalue weighted by Gasteiger charge is -2.34. The van der Waals surface area contributed by atoms with Crippen molar-refractivity contribution in [1.82, 2.24) is 19.9 Å². The average Bonchev–Trinajstić information content (AvgIpc) is 3.12. The molecular weight excluding hydrogens is 308 g/mol. The minimum atomic E-state index is 0.221. The van der Waals surface area contributed by atoms with Crippen LogP contribution in [-0.2, 0) is 24.2 Å². The minimum absolute atomic E-state index is 0.221. The van der Waals surface area contributed by atoms with Crippen molar-refractivity contribution in [2.45, 2.75) is 45.3 Å². The molecule has 124 valence electrons. The van der Waals surface area contributed by atoms with E-state index in [0.29, 0.717) is 6.61 Å². The quantitative estimate of drug-likeness (QED) is 0.816. The maximum Gasteiger partial charge on any atom is 0.105 e. The molecule has 0 spiro atoms. The molecule has 0 saturated heterocycles. The number of hydrogen-bond donors (Lipinski definition) is 0. The highest BCUT2D eigenvalue weighted by atomic mass is 32.1. The maximum atomic E-state index is 5.50. The van der Waals surface area contributed by atoms with Gasteiger partial charge in [0.15, 0.2) is 0 Å². The second kappa shape index (κ2) is 6.34. The number of thiophene rings is 1. The molecule has 2 aliphatic rings. The van der Waals surface area contributed by atoms with E-state index in [-0.39, 0.29) is 6.04 Å². The lowest BCUT2D eigenvalue weighted by molar-refractivity contribution is 0.0756. The summed E-state index contributed by atoms with van der Waals surface area (Å²) < 4.78 is 7.65. The van der Waals surface area contributed by atoms with Crippen molar-refractivity contribution in [3.8, 4) is 0 Å². The fourth-order valence-electron chi connectivity index (χ4n) is 3.43. The van der Waals surface area contributed by atoms with Crippen LogP contribution in [0, 0.1) is 12.8 Å². The molecule has 3 heterocycles. The molecule has 23 heavy (non-hydrogen) atoms. The van der Waals surface area contributed by atoms with E-state index >= 15 is 0 Å². The largest absolute Gasteiger partial charge is 0.383 e. The van der Waals surface area contributed by atoms with E-state index in [1.807, 2.05) is 11.3 Å². The standard InChI is InChI=1S/C17H24N4OS/c1-12-3-6-14(23-12)10-20-8-7-15-17(16(20)11-22-2)18-19-21(15)9-13-4-5-13/h3,6,13,16H,4-5,7-11H2,1-2H3/t16-/m0/s1. The first kappa shape index (κ1) is 15.3. The van der Waals surface area contributed by atoms with Crippen molar-refractivity contribution in [1.29, 1.82) is 0 Å². The molecule has 1 saturated carbocycles. The number of nitrogens with zero attached hydrogens (tertiary/aromatic N) is 4. The van der Waals surface area contributed by atoms with Crippen LogP contribution in [0.1, 0.15) is 40.0 Å². The molecule has 0 amide bonds. The van der Waals surface area contributed by atoms with Crippen LogP contribution in [0.2, 0.25) is 0 Å². The summed E-state index contributed by atoms with van der Waals surface area (Å²) in [5.41, 5.74) is 2.46. The fraction of sp³-hybridized carbons (Fsp3) is 0.647. The number of aryl methyl sites for hydroxylation is 1. The molecule has 1 aliphatic carbocycles. The molecule has 1 aliphatic heterocycles. The van der Waals surface area contributed by atoms with Gasteiger partial charge < -0.3 is 4.74 Å². The van der Waals surface area contributed by atoms with Gasteiger partial charge in [0.25, 0.3) is 0 Å². The zero-order chi connectivity index (χ0) is 15.8. The normalized spacial score (nSPS) is 21.6. The lowest BCUT2D eigenvalue weighted by atomic mass is 10.0. The highest BCUT2D eigenvalue weighted by Gasteiger charge is 2.33. The second-order valence-electron chi connectivity index (χ2n) is 6.75. The summed E-state index contributed by atoms with van der Waals surface area (Å²) >= 11 is 1.88. The number of hydrogen-bond acceptors (Lipinski definition) is 5. The van der Waals surface area contributed by atoms with Gasteiger partial charge in [0.05, 0.1) is 18.3 Å². The Balaban J connectivity index is 1.56. The van der Waals surface area contributed by atoms with Gasteiger partial charge in [-0.25, -0.2) is 4.68 Å². The maximum absolute atomic E-state index is 5.50. The monoisotopic (exact) mass is 332 g/mol. The molecule has 1 atom stereocenters. The van der Waals surface area contributed by atoms with Crippen LogP contribution in [0.3, 0.4) is 0 Å². The van der Waals surface area contributed by atoms with Crippen molar-refractivity contribution < 1.29 is 4.74 Å². The van der Waals surface area contributed by atoms with Crippen molar-refractivity contribution in [3.05, 3.63) is 33.3 Å². The Morgan fingerprint density at radius 3 is 2.91 bits per heavy atom. The highest BCUT2D eigenvalue weighted by molar-refractivity contribution is 7.11. The lowest BCUT2D eigenvalue weighted by Crippen LogP contribution is -2.37. The molecule has 6 heteroatoms. The summed E-state index contributed by atoms with van der Waals surface area (Å²) in [7, 11) is 1.77. The van der Waals surface area contributed by atoms with E-state index in [9.17, 15) is 0 Å². The molecule has 5 nitrogen and oxygen atoms in total. The predicted molar refractivity (Wildman–Crippen MR) is 90.5 cm³/mol. The first-order chi connectivity index (χ1) is 11.2. The Morgan fingerprint density at radius 2 is 2.22 bits per heavy atom. The van der Waals surface area contributed by atoms with Crippen LogP contribution >= 0.6 is 11.3 Å². The summed E-state index contributed by atoms with van der Waals surface area (Å²) in [6.45, 7) is 5.92. The van der Waals surface area contributed by atoms with Gasteiger partial charge in [-0.1, -0.05) is 5.21 Å². The molecule has 1 fully saturated rings. The summed E-state index contributed by atoms with van der Waals surface area (Å²) in [5.74, 6) is 0.828. The number of rotatable bonds is 6. The molecule has 0 aromatic carbocycles. The van der Waals surface area contributed by atoms with Crippen LogP contribution in [0.5, 0.6) is 0 Å². The Morgan fingerprint density at radius 1 is 1.35 bits per heavy atom. The van der Waals surface area contributed by atoms with Crippen LogP contribution in [-0.4, -0.2) is 40.2 Å². The Kier molecular flexibility index (Phi) is 4.22. The summed E-state index contributed by atoms with van der Waals surface area (Å²) in [5, 5.41) is 8.97. The topological polar surface area (TPSA) is 43.2 Å². The molecular formula is C17H24N4OS. The Labute approximate surface area is 141 Å². The van der Waals surface area contributed by atoms with Gasteiger partial charge in [-0.2, -0.15) is 0 Å². The van der Waals surface area contributed by atoms with Gasteiger partial charge in [-0.05, 0) is 37.8 Å². The number of ether oxygens (including phenoxy) is 1. The van der Waals surface area contributed by atoms with Gasteiger partial charge in [0, 0.05) is 42.9 Å². The smallest absolute Gasteiger partial charge is 0.105 e. The molecule has 0 unspecified atom stereocenters. The Bertz CT molecular complexity index is 676. The average molecular weight is 332 g/mol. The third-order valence-corrected chi connectivity index (χ3v) is 5.85. The Hall–Kier alpha value is -1.24. The minimum Gasteiger partial charge on any atom is -0.383 e. The first-order valence-corrected chi connectivity index (χ1v) is 9.27. The van der Waals surface area contributed by atoms with E-state index in [0.717, 1.165) is 37.7 Å². The molecule has 0 bridgehead atoms. The van der Waals surface area contributed by atoms with Gasteiger partial charge in [-0.3, -0.25) is 4.90 Å². The van der Waals surface area contributed by atoms with Crippen molar-refractivity contribution in [2.24, 2.45) is 5.92 Å². The summed E-state index contributed by atoms with van der Waals surface area (Å²) in [6.07, 6.45) is 3.74. The van der Waals surface area contributed by atoms with Gasteiger partial charge in [0.1, 0.15) is 5.69 Å². The predicted octanol–water partition coefficient (Wildman–Crippen LogP) is 2.80. The molecule has 0 radical (unpaired) electrons. The van der Waals surface area contributed by atoms with Crippen molar-refractivity contribution in [2.75, 3.05) is 20.3 Å². The van der Waals surface area contributed by atoms with Crippen LogP contribution in [0.15, 0.2) is 12.1 Å². The number of fused-ring (bicyclic) bond motifs is 1. The van der Waals surface area contributed by atoms with E-state index in [1.165, 1.54) is 28.3 Å². The molecule has 0 N–H and O–H groups in total. The second-order valence-corrected chi connectivity index (χ2v) is 8.12. The molecule has 4 rings (SSSR count). The molecule has 2 aromatic rings. The highest BCUT2D eigenvalue weighted by Crippen LogP contribution is 2.34. The first-order valence-electron chi connectivity index (χ1n) is 8.45. The summed E-state index contributed by atoms with van der Waals surface area (Å²) in [6, 6.07) is 4.66. The van der Waals surface area contributed by atoms with Gasteiger partial charge in [0.2, 0.25) is 0 Å². The number of methoxy groups -OCH3 is 1. The van der Waals surface area contributed by atoms with E-state index in [2.05, 4.69) is 39.0 Å². The van der Waals surface area contributed by atoms with Crippen molar-refractivity contribution >= 4 is 11.3 Å². The molecule has 2 aromatic heterocycles. The van der Waals surface area contributed by atoms with E-state index < -0.39 is 0 Å². The zero-order valence-electron chi connectivity index (χ0n) is 13.9. The summed E-state index contributed by atoms with van der Waals surface area (Å²) in [4.78, 5) is 5.28. The third kappa shape index (κ3) is 3.20. The van der Waals surface area contributed by atoms with Gasteiger partial charge >= 0.3 is 0 Å². The SMILES string of the molecule is COC[C@H]1c2nnn(CC3CC3)c2CCN1Cc1ccc(C)s1. The van der Waals surface area contributed by atoms with Crippen LogP contribution in [0.4, 0.5) is 0 Å².